The van der Waals surface area contributed by atoms with Gasteiger partial charge in [0, 0.05) is 22.5 Å². The first kappa shape index (κ1) is 20.6. The van der Waals surface area contributed by atoms with E-state index in [1.165, 1.54) is 6.08 Å². The Morgan fingerprint density at radius 2 is 1.62 bits per heavy atom. The van der Waals surface area contributed by atoms with E-state index in [-0.39, 0.29) is 11.9 Å². The molecule has 0 aromatic heterocycles. The fourth-order valence-corrected chi connectivity index (χ4v) is 2.52. The molecular formula is C18H25INO4+. The van der Waals surface area contributed by atoms with Crippen molar-refractivity contribution in [3.63, 3.8) is 0 Å². The van der Waals surface area contributed by atoms with Crippen LogP contribution in [0.1, 0.15) is 23.2 Å². The molecule has 0 bridgehead atoms. The van der Waals surface area contributed by atoms with Crippen molar-refractivity contribution in [2.24, 2.45) is 0 Å². The average molecular weight is 446 g/mol. The molecule has 5 nitrogen and oxygen atoms in total. The predicted molar refractivity (Wildman–Crippen MR) is 102 cm³/mol. The highest BCUT2D eigenvalue weighted by Crippen LogP contribution is 2.08. The third-order valence-electron chi connectivity index (χ3n) is 3.54. The van der Waals surface area contributed by atoms with Crippen molar-refractivity contribution < 1.29 is 23.5 Å². The second kappa shape index (κ2) is 10.5. The number of hydrogen-bond acceptors (Lipinski definition) is 4. The fourth-order valence-electron chi connectivity index (χ4n) is 2.16. The topological polar surface area (TPSA) is 52.6 Å². The van der Waals surface area contributed by atoms with Crippen LogP contribution in [0.5, 0.6) is 0 Å². The predicted octanol–water partition coefficient (Wildman–Crippen LogP) is 3.03. The summed E-state index contributed by atoms with van der Waals surface area (Å²) in [5.41, 5.74) is 0.577. The van der Waals surface area contributed by atoms with Gasteiger partial charge < -0.3 is 14.0 Å². The maximum atomic E-state index is 11.9. The zero-order valence-electron chi connectivity index (χ0n) is 14.3. The summed E-state index contributed by atoms with van der Waals surface area (Å²) < 4.78 is 12.1. The second-order valence-electron chi connectivity index (χ2n) is 6.10. The lowest BCUT2D eigenvalue weighted by molar-refractivity contribution is -0.890. The number of carbonyl (C=O) groups excluding carboxylic acids is 2. The molecule has 0 amide bonds. The van der Waals surface area contributed by atoms with Gasteiger partial charge in [0.1, 0.15) is 0 Å². The number of halogens is 1. The summed E-state index contributed by atoms with van der Waals surface area (Å²) in [5, 5.41) is 0. The summed E-state index contributed by atoms with van der Waals surface area (Å²) in [5.74, 6) is -0.670. The van der Waals surface area contributed by atoms with Crippen LogP contribution in [0.3, 0.4) is 0 Å². The number of benzene rings is 1. The van der Waals surface area contributed by atoms with Gasteiger partial charge >= 0.3 is 11.9 Å². The zero-order valence-corrected chi connectivity index (χ0v) is 16.5. The Hall–Kier alpha value is -1.41. The van der Waals surface area contributed by atoms with Crippen molar-refractivity contribution in [2.45, 2.75) is 12.8 Å². The minimum absolute atomic E-state index is 0.284. The van der Waals surface area contributed by atoms with Crippen LogP contribution in [0.25, 0.3) is 0 Å². The summed E-state index contributed by atoms with van der Waals surface area (Å²) in [4.78, 5) is 22.8. The van der Waals surface area contributed by atoms with Crippen molar-refractivity contribution in [3.05, 3.63) is 46.1 Å². The highest BCUT2D eigenvalue weighted by atomic mass is 127. The molecule has 1 aromatic carbocycles. The Bertz CT molecular complexity index is 555. The molecule has 0 aliphatic rings. The Labute approximate surface area is 157 Å². The standard InChI is InChI=1S/C18H25INO4/c1-4-17(21)23-13-5-11-20(2,3)12-6-14-24-18(22)15-7-9-16(19)10-8-15/h4,7-10H,1,5-6,11-14H2,2-3H3/q+1. The monoisotopic (exact) mass is 446 g/mol. The highest BCUT2D eigenvalue weighted by molar-refractivity contribution is 14.1. The number of carbonyl (C=O) groups is 2. The molecule has 6 heteroatoms. The number of esters is 2. The maximum Gasteiger partial charge on any atom is 0.338 e. The summed E-state index contributed by atoms with van der Waals surface area (Å²) in [6.07, 6.45) is 2.74. The zero-order chi connectivity index (χ0) is 18.0. The van der Waals surface area contributed by atoms with Gasteiger partial charge in [-0.1, -0.05) is 6.58 Å². The normalized spacial score (nSPS) is 11.0. The molecule has 0 N–H and O–H groups in total. The first-order valence-electron chi connectivity index (χ1n) is 7.88. The summed E-state index contributed by atoms with van der Waals surface area (Å²) in [6.45, 7) is 5.92. The van der Waals surface area contributed by atoms with Crippen LogP contribution in [0.2, 0.25) is 0 Å². The SMILES string of the molecule is C=CC(=O)OCCC[N+](C)(C)CCCOC(=O)c1ccc(I)cc1. The lowest BCUT2D eigenvalue weighted by Crippen LogP contribution is -2.42. The Morgan fingerprint density at radius 1 is 1.08 bits per heavy atom. The Balaban J connectivity index is 2.20. The van der Waals surface area contributed by atoms with Gasteiger partial charge in [-0.15, -0.1) is 0 Å². The van der Waals surface area contributed by atoms with E-state index in [4.69, 9.17) is 9.47 Å². The summed E-state index contributed by atoms with van der Waals surface area (Å²) in [6, 6.07) is 7.32. The molecule has 0 aliphatic heterocycles. The van der Waals surface area contributed by atoms with Crippen LogP contribution >= 0.6 is 22.6 Å². The third kappa shape index (κ3) is 8.44. The third-order valence-corrected chi connectivity index (χ3v) is 4.26. The molecule has 0 unspecified atom stereocenters. The van der Waals surface area contributed by atoms with Gasteiger partial charge in [-0.2, -0.15) is 0 Å². The van der Waals surface area contributed by atoms with E-state index in [0.29, 0.717) is 18.8 Å². The van der Waals surface area contributed by atoms with E-state index >= 15 is 0 Å². The van der Waals surface area contributed by atoms with Crippen LogP contribution in [-0.2, 0) is 14.3 Å². The number of nitrogens with zero attached hydrogens (tertiary/aromatic N) is 1. The second-order valence-corrected chi connectivity index (χ2v) is 7.35. The number of quaternary nitrogens is 1. The van der Waals surface area contributed by atoms with E-state index in [2.05, 4.69) is 43.3 Å². The van der Waals surface area contributed by atoms with E-state index in [1.807, 2.05) is 12.1 Å². The average Bonchev–Trinajstić information content (AvgIpc) is 2.55. The van der Waals surface area contributed by atoms with Crippen LogP contribution < -0.4 is 0 Å². The van der Waals surface area contributed by atoms with Crippen molar-refractivity contribution >= 4 is 34.5 Å². The quantitative estimate of drug-likeness (QED) is 0.182. The van der Waals surface area contributed by atoms with Gasteiger partial charge in [0.25, 0.3) is 0 Å². The van der Waals surface area contributed by atoms with Crippen molar-refractivity contribution in [3.8, 4) is 0 Å². The summed E-state index contributed by atoms with van der Waals surface area (Å²) >= 11 is 2.20. The van der Waals surface area contributed by atoms with Crippen LogP contribution in [0, 0.1) is 3.57 Å². The van der Waals surface area contributed by atoms with E-state index in [9.17, 15) is 9.59 Å². The first-order valence-corrected chi connectivity index (χ1v) is 8.96. The molecule has 0 fully saturated rings. The molecule has 1 aromatic rings. The molecule has 0 saturated carbocycles. The summed E-state index contributed by atoms with van der Waals surface area (Å²) in [7, 11) is 4.21. The number of rotatable bonds is 10. The van der Waals surface area contributed by atoms with Crippen molar-refractivity contribution in [1.82, 2.24) is 0 Å². The lowest BCUT2D eigenvalue weighted by atomic mass is 10.2. The molecule has 0 saturated heterocycles. The van der Waals surface area contributed by atoms with Gasteiger partial charge in [-0.05, 0) is 46.9 Å². The highest BCUT2D eigenvalue weighted by Gasteiger charge is 2.15. The molecule has 0 atom stereocenters. The maximum absolute atomic E-state index is 11.9. The molecule has 24 heavy (non-hydrogen) atoms. The van der Waals surface area contributed by atoms with Gasteiger partial charge in [0.05, 0.1) is 46.0 Å². The van der Waals surface area contributed by atoms with E-state index in [1.54, 1.807) is 12.1 Å². The molecule has 1 rings (SSSR count). The lowest BCUT2D eigenvalue weighted by Gasteiger charge is -2.29. The van der Waals surface area contributed by atoms with Crippen LogP contribution in [0.4, 0.5) is 0 Å². The van der Waals surface area contributed by atoms with Gasteiger partial charge in [0.15, 0.2) is 0 Å². The van der Waals surface area contributed by atoms with Crippen molar-refractivity contribution in [2.75, 3.05) is 40.4 Å². The molecule has 132 valence electrons. The van der Waals surface area contributed by atoms with Gasteiger partial charge in [-0.3, -0.25) is 0 Å². The molecule has 0 heterocycles. The first-order chi connectivity index (χ1) is 11.3. The van der Waals surface area contributed by atoms with E-state index in [0.717, 1.165) is 34.0 Å². The largest absolute Gasteiger partial charge is 0.462 e. The van der Waals surface area contributed by atoms with E-state index < -0.39 is 0 Å². The molecule has 0 aliphatic carbocycles. The number of ether oxygens (including phenoxy) is 2. The molecule has 0 radical (unpaired) electrons. The Kier molecular flexibility index (Phi) is 8.99. The van der Waals surface area contributed by atoms with Crippen molar-refractivity contribution in [1.29, 1.82) is 0 Å². The van der Waals surface area contributed by atoms with Crippen LogP contribution in [0.15, 0.2) is 36.9 Å². The van der Waals surface area contributed by atoms with Crippen LogP contribution in [-0.4, -0.2) is 56.8 Å². The minimum Gasteiger partial charge on any atom is -0.462 e. The van der Waals surface area contributed by atoms with Gasteiger partial charge in [0.2, 0.25) is 0 Å². The van der Waals surface area contributed by atoms with Gasteiger partial charge in [-0.25, -0.2) is 9.59 Å². The fraction of sp³-hybridized carbons (Fsp3) is 0.444. The molecule has 0 spiro atoms. The smallest absolute Gasteiger partial charge is 0.338 e. The Morgan fingerprint density at radius 3 is 2.17 bits per heavy atom. The molecular weight excluding hydrogens is 421 g/mol. The number of hydrogen-bond donors (Lipinski definition) is 0. The minimum atomic E-state index is -0.386.